The van der Waals surface area contributed by atoms with Gasteiger partial charge >= 0.3 is 6.18 Å². The normalized spacial score (nSPS) is 11.9. The number of hydrogen-bond acceptors (Lipinski definition) is 6. The number of unbranched alkanes of at least 4 members (excludes halogenated alkanes) is 1. The zero-order valence-corrected chi connectivity index (χ0v) is 21.4. The zero-order chi connectivity index (χ0) is 27.2. The van der Waals surface area contributed by atoms with Crippen LogP contribution in [0.1, 0.15) is 35.5 Å². The summed E-state index contributed by atoms with van der Waals surface area (Å²) in [6.45, 7) is 1.19. The molecule has 6 nitrogen and oxygen atoms in total. The summed E-state index contributed by atoms with van der Waals surface area (Å²) in [4.78, 5) is 4.15. The van der Waals surface area contributed by atoms with Gasteiger partial charge in [0.05, 0.1) is 12.0 Å². The van der Waals surface area contributed by atoms with Crippen molar-refractivity contribution in [1.82, 2.24) is 4.98 Å². The highest BCUT2D eigenvalue weighted by Gasteiger charge is 2.27. The van der Waals surface area contributed by atoms with Gasteiger partial charge in [-0.25, -0.2) is 0 Å². The zero-order valence-electron chi connectivity index (χ0n) is 21.4. The van der Waals surface area contributed by atoms with Gasteiger partial charge in [0.15, 0.2) is 0 Å². The molecule has 0 aliphatic heterocycles. The first-order valence-corrected chi connectivity index (χ1v) is 12.7. The second-order valence-corrected chi connectivity index (χ2v) is 9.26. The number of ether oxygens (including phenoxy) is 3. The van der Waals surface area contributed by atoms with Crippen LogP contribution in [-0.4, -0.2) is 24.4 Å². The van der Waals surface area contributed by atoms with Crippen LogP contribution in [0.15, 0.2) is 75.8 Å². The molecule has 0 spiro atoms. The predicted octanol–water partition coefficient (Wildman–Crippen LogP) is 7.94. The Kier molecular flexibility index (Phi) is 8.07. The lowest BCUT2D eigenvalue weighted by molar-refractivity contribution is -0.177. The monoisotopic (exact) mass is 539 g/mol. The molecule has 0 aliphatic carbocycles. The molecule has 39 heavy (non-hydrogen) atoms. The summed E-state index contributed by atoms with van der Waals surface area (Å²) < 4.78 is 65.3. The summed E-state index contributed by atoms with van der Waals surface area (Å²) in [5, 5.41) is 1.63. The molecule has 9 heteroatoms. The molecule has 0 radical (unpaired) electrons. The van der Waals surface area contributed by atoms with E-state index in [0.29, 0.717) is 34.8 Å². The Bertz CT molecular complexity index is 1520. The van der Waals surface area contributed by atoms with E-state index in [2.05, 4.69) is 15.8 Å². The highest BCUT2D eigenvalue weighted by Crippen LogP contribution is 2.34. The van der Waals surface area contributed by atoms with Crippen molar-refractivity contribution in [2.75, 3.05) is 13.2 Å². The molecule has 0 bridgehead atoms. The van der Waals surface area contributed by atoms with E-state index in [1.165, 1.54) is 5.56 Å². The quantitative estimate of drug-likeness (QED) is 0.150. The molecule has 0 N–H and O–H groups in total. The fourth-order valence-corrected chi connectivity index (χ4v) is 4.39. The van der Waals surface area contributed by atoms with E-state index in [4.69, 9.17) is 18.3 Å². The number of aryl methyl sites for hydroxylation is 2. The molecular formula is C30H28F3NO5. The number of fused-ring (bicyclic) bond motifs is 2. The van der Waals surface area contributed by atoms with Crippen LogP contribution in [0, 0.1) is 6.92 Å². The van der Waals surface area contributed by atoms with Gasteiger partial charge in [0.2, 0.25) is 0 Å². The third-order valence-electron chi connectivity index (χ3n) is 6.27. The number of furan rings is 2. The first kappa shape index (κ1) is 26.6. The van der Waals surface area contributed by atoms with Crippen molar-refractivity contribution in [3.63, 3.8) is 0 Å². The molecule has 0 aliphatic rings. The Morgan fingerprint density at radius 1 is 0.897 bits per heavy atom. The molecule has 3 heterocycles. The SMILES string of the molecule is Cc1c(COc2ccc3oc(COCC(F)(F)F)cc3c2)oc2cccc(OCCCCc3cccnc3)c12. The number of aromatic nitrogens is 1. The minimum absolute atomic E-state index is 0.204. The van der Waals surface area contributed by atoms with Gasteiger partial charge in [0, 0.05) is 23.3 Å². The molecule has 0 amide bonds. The maximum atomic E-state index is 12.3. The third-order valence-corrected chi connectivity index (χ3v) is 6.27. The van der Waals surface area contributed by atoms with Crippen molar-refractivity contribution in [2.24, 2.45) is 0 Å². The molecule has 204 valence electrons. The van der Waals surface area contributed by atoms with E-state index in [-0.39, 0.29) is 13.2 Å². The van der Waals surface area contributed by atoms with E-state index in [0.717, 1.165) is 41.5 Å². The van der Waals surface area contributed by atoms with Gasteiger partial charge in [-0.05, 0) is 74.2 Å². The van der Waals surface area contributed by atoms with Crippen LogP contribution in [-0.2, 0) is 24.4 Å². The number of rotatable bonds is 12. The Balaban J connectivity index is 1.18. The lowest BCUT2D eigenvalue weighted by Gasteiger charge is -2.08. The highest BCUT2D eigenvalue weighted by atomic mass is 19.4. The van der Waals surface area contributed by atoms with Gasteiger partial charge in [0.25, 0.3) is 0 Å². The van der Waals surface area contributed by atoms with Crippen molar-refractivity contribution < 1.29 is 36.2 Å². The molecule has 2 aromatic carbocycles. The summed E-state index contributed by atoms with van der Waals surface area (Å²) in [5.74, 6) is 2.35. The summed E-state index contributed by atoms with van der Waals surface area (Å²) in [7, 11) is 0. The minimum Gasteiger partial charge on any atom is -0.493 e. The number of alkyl halides is 3. The van der Waals surface area contributed by atoms with Crippen LogP contribution in [0.4, 0.5) is 13.2 Å². The highest BCUT2D eigenvalue weighted by molar-refractivity contribution is 5.88. The summed E-state index contributed by atoms with van der Waals surface area (Å²) in [5.41, 5.74) is 3.43. The van der Waals surface area contributed by atoms with E-state index in [9.17, 15) is 13.2 Å². The van der Waals surface area contributed by atoms with Gasteiger partial charge < -0.3 is 23.0 Å². The summed E-state index contributed by atoms with van der Waals surface area (Å²) in [6.07, 6.45) is 2.18. The van der Waals surface area contributed by atoms with Crippen molar-refractivity contribution in [3.05, 3.63) is 89.6 Å². The number of benzene rings is 2. The minimum atomic E-state index is -4.38. The number of hydrogen-bond donors (Lipinski definition) is 0. The van der Waals surface area contributed by atoms with Crippen LogP contribution < -0.4 is 9.47 Å². The van der Waals surface area contributed by atoms with Crippen LogP contribution in [0.25, 0.3) is 21.9 Å². The molecule has 3 aromatic heterocycles. The Labute approximate surface area is 223 Å². The smallest absolute Gasteiger partial charge is 0.411 e. The van der Waals surface area contributed by atoms with Crippen LogP contribution in [0.2, 0.25) is 0 Å². The summed E-state index contributed by atoms with van der Waals surface area (Å²) >= 11 is 0. The maximum absolute atomic E-state index is 12.3. The van der Waals surface area contributed by atoms with E-state index in [1.807, 2.05) is 37.4 Å². The molecule has 5 rings (SSSR count). The van der Waals surface area contributed by atoms with E-state index < -0.39 is 12.8 Å². The number of halogens is 3. The van der Waals surface area contributed by atoms with Gasteiger partial charge in [-0.1, -0.05) is 12.1 Å². The predicted molar refractivity (Wildman–Crippen MR) is 140 cm³/mol. The van der Waals surface area contributed by atoms with Crippen molar-refractivity contribution in [3.8, 4) is 11.5 Å². The van der Waals surface area contributed by atoms with E-state index >= 15 is 0 Å². The molecule has 0 unspecified atom stereocenters. The van der Waals surface area contributed by atoms with Crippen LogP contribution in [0.5, 0.6) is 11.5 Å². The molecule has 0 saturated heterocycles. The number of nitrogens with zero attached hydrogens (tertiary/aromatic N) is 1. The average molecular weight is 540 g/mol. The first-order valence-electron chi connectivity index (χ1n) is 12.7. The van der Waals surface area contributed by atoms with Crippen LogP contribution >= 0.6 is 0 Å². The first-order chi connectivity index (χ1) is 18.9. The molecule has 0 saturated carbocycles. The lowest BCUT2D eigenvalue weighted by atomic mass is 10.1. The summed E-state index contributed by atoms with van der Waals surface area (Å²) in [6, 6.07) is 16.6. The van der Waals surface area contributed by atoms with Gasteiger partial charge in [-0.15, -0.1) is 0 Å². The average Bonchev–Trinajstić information content (AvgIpc) is 3.47. The molecule has 5 aromatic rings. The van der Waals surface area contributed by atoms with Crippen molar-refractivity contribution in [2.45, 2.75) is 45.6 Å². The Morgan fingerprint density at radius 2 is 1.79 bits per heavy atom. The van der Waals surface area contributed by atoms with Gasteiger partial charge in [-0.3, -0.25) is 4.98 Å². The van der Waals surface area contributed by atoms with Crippen LogP contribution in [0.3, 0.4) is 0 Å². The molecule has 0 atom stereocenters. The second kappa shape index (κ2) is 11.8. The largest absolute Gasteiger partial charge is 0.493 e. The lowest BCUT2D eigenvalue weighted by Crippen LogP contribution is -2.16. The van der Waals surface area contributed by atoms with E-state index in [1.54, 1.807) is 30.5 Å². The fourth-order valence-electron chi connectivity index (χ4n) is 4.39. The second-order valence-electron chi connectivity index (χ2n) is 9.26. The Morgan fingerprint density at radius 3 is 2.62 bits per heavy atom. The molecule has 0 fully saturated rings. The van der Waals surface area contributed by atoms with Gasteiger partial charge in [0.1, 0.15) is 54.0 Å². The fraction of sp³-hybridized carbons (Fsp3) is 0.300. The van der Waals surface area contributed by atoms with Gasteiger partial charge in [-0.2, -0.15) is 13.2 Å². The number of pyridine rings is 1. The third kappa shape index (κ3) is 6.92. The topological polar surface area (TPSA) is 66.9 Å². The molecular weight excluding hydrogens is 511 g/mol. The standard InChI is InChI=1S/C30H28F3NO5/c1-20-28(18-37-23-10-11-25-22(14-23)15-24(38-25)17-35-19-30(31,32)33)39-27-9-4-8-26(29(20)27)36-13-3-2-6-21-7-5-12-34-16-21/h4-5,7-12,14-16H,2-3,6,13,17-19H2,1H3. The van der Waals surface area contributed by atoms with Crippen molar-refractivity contribution >= 4 is 21.9 Å². The maximum Gasteiger partial charge on any atom is 0.411 e. The Hall–Kier alpha value is -3.98. The van der Waals surface area contributed by atoms with Crippen molar-refractivity contribution in [1.29, 1.82) is 0 Å².